The van der Waals surface area contributed by atoms with Gasteiger partial charge in [0.1, 0.15) is 0 Å². The second-order valence-corrected chi connectivity index (χ2v) is 7.05. The Labute approximate surface area is 132 Å². The third-order valence-corrected chi connectivity index (χ3v) is 5.50. The molecule has 0 unspecified atom stereocenters. The Kier molecular flexibility index (Phi) is 7.80. The summed E-state index contributed by atoms with van der Waals surface area (Å²) in [4.78, 5) is 12.3. The van der Waals surface area contributed by atoms with Gasteiger partial charge in [-0.05, 0) is 39.7 Å². The smallest absolute Gasteiger partial charge is 0.345 e. The van der Waals surface area contributed by atoms with Crippen LogP contribution in [0.25, 0.3) is 0 Å². The van der Waals surface area contributed by atoms with Crippen LogP contribution in [0, 0.1) is 6.92 Å². The van der Waals surface area contributed by atoms with E-state index in [9.17, 15) is 9.36 Å². The third-order valence-electron chi connectivity index (χ3n) is 3.11. The predicted molar refractivity (Wildman–Crippen MR) is 86.2 cm³/mol. The van der Waals surface area contributed by atoms with Crippen molar-refractivity contribution in [2.24, 2.45) is 0 Å². The highest BCUT2D eigenvalue weighted by Gasteiger charge is 2.42. The van der Waals surface area contributed by atoms with Crippen molar-refractivity contribution in [3.63, 3.8) is 0 Å². The number of ether oxygens (including phenoxy) is 1. The van der Waals surface area contributed by atoms with Gasteiger partial charge in [0.2, 0.25) is 0 Å². The average Bonchev–Trinajstić information content (AvgIpc) is 2.47. The molecule has 1 aromatic rings. The molecule has 0 fully saturated rings. The maximum Gasteiger partial charge on any atom is 0.345 e. The largest absolute Gasteiger partial charge is 0.465 e. The SMILES string of the molecule is CCOC(=O)[C@@H](Cc1ccc(C)cc1)P(=O)(OCC)OCC. The van der Waals surface area contributed by atoms with Gasteiger partial charge in [0.15, 0.2) is 5.66 Å². The average molecular weight is 328 g/mol. The maximum atomic E-state index is 13.0. The van der Waals surface area contributed by atoms with Crippen molar-refractivity contribution < 1.29 is 23.1 Å². The minimum absolute atomic E-state index is 0.209. The van der Waals surface area contributed by atoms with Gasteiger partial charge in [0, 0.05) is 0 Å². The van der Waals surface area contributed by atoms with E-state index in [1.807, 2.05) is 31.2 Å². The summed E-state index contributed by atoms with van der Waals surface area (Å²) in [6, 6.07) is 7.71. The lowest BCUT2D eigenvalue weighted by Gasteiger charge is -2.25. The van der Waals surface area contributed by atoms with Crippen LogP contribution in [-0.4, -0.2) is 31.4 Å². The first-order valence-corrected chi connectivity index (χ1v) is 9.19. The highest BCUT2D eigenvalue weighted by Crippen LogP contribution is 2.54. The second-order valence-electron chi connectivity index (χ2n) is 4.83. The van der Waals surface area contributed by atoms with Crippen LogP contribution in [0.1, 0.15) is 31.9 Å². The van der Waals surface area contributed by atoms with E-state index in [-0.39, 0.29) is 26.2 Å². The van der Waals surface area contributed by atoms with E-state index < -0.39 is 19.2 Å². The van der Waals surface area contributed by atoms with Crippen molar-refractivity contribution in [2.45, 2.75) is 39.8 Å². The number of benzene rings is 1. The fraction of sp³-hybridized carbons (Fsp3) is 0.562. The van der Waals surface area contributed by atoms with Gasteiger partial charge in [0.05, 0.1) is 19.8 Å². The van der Waals surface area contributed by atoms with Gasteiger partial charge < -0.3 is 13.8 Å². The van der Waals surface area contributed by atoms with Gasteiger partial charge in [-0.25, -0.2) is 0 Å². The zero-order chi connectivity index (χ0) is 16.6. The van der Waals surface area contributed by atoms with Crippen LogP contribution in [0.15, 0.2) is 24.3 Å². The van der Waals surface area contributed by atoms with Crippen molar-refractivity contribution in [3.8, 4) is 0 Å². The van der Waals surface area contributed by atoms with E-state index >= 15 is 0 Å². The first-order chi connectivity index (χ1) is 10.5. The van der Waals surface area contributed by atoms with Crippen LogP contribution < -0.4 is 0 Å². The molecule has 0 aliphatic rings. The van der Waals surface area contributed by atoms with Crippen LogP contribution in [0.5, 0.6) is 0 Å². The van der Waals surface area contributed by atoms with Crippen molar-refractivity contribution in [1.82, 2.24) is 0 Å². The molecule has 0 amide bonds. The van der Waals surface area contributed by atoms with Gasteiger partial charge in [-0.2, -0.15) is 0 Å². The second kappa shape index (κ2) is 9.09. The van der Waals surface area contributed by atoms with E-state index in [4.69, 9.17) is 13.8 Å². The van der Waals surface area contributed by atoms with Gasteiger partial charge in [-0.15, -0.1) is 0 Å². The standard InChI is InChI=1S/C16H25O5P/c1-5-19-16(17)15(22(18,20-6-2)21-7-3)12-14-10-8-13(4)9-11-14/h8-11,15H,5-7,12H2,1-4H3/t15-/m1/s1. The summed E-state index contributed by atoms with van der Waals surface area (Å²) < 4.78 is 28.7. The molecule has 0 aliphatic carbocycles. The maximum absolute atomic E-state index is 13.0. The summed E-state index contributed by atoms with van der Waals surface area (Å²) >= 11 is 0. The lowest BCUT2D eigenvalue weighted by molar-refractivity contribution is -0.143. The van der Waals surface area contributed by atoms with Crippen molar-refractivity contribution in [2.75, 3.05) is 19.8 Å². The molecular formula is C16H25O5P. The lowest BCUT2D eigenvalue weighted by atomic mass is 10.1. The summed E-state index contributed by atoms with van der Waals surface area (Å²) in [6.45, 7) is 7.79. The Hall–Kier alpha value is -1.16. The molecule has 0 spiro atoms. The number of carbonyl (C=O) groups excluding carboxylic acids is 1. The molecular weight excluding hydrogens is 303 g/mol. The molecule has 1 rings (SSSR count). The Morgan fingerprint density at radius 1 is 1.05 bits per heavy atom. The normalized spacial score (nSPS) is 12.9. The van der Waals surface area contributed by atoms with Gasteiger partial charge in [-0.1, -0.05) is 29.8 Å². The van der Waals surface area contributed by atoms with E-state index in [1.54, 1.807) is 20.8 Å². The fourth-order valence-electron chi connectivity index (χ4n) is 2.09. The van der Waals surface area contributed by atoms with Gasteiger partial charge in [0.25, 0.3) is 0 Å². The van der Waals surface area contributed by atoms with Crippen LogP contribution in [-0.2, 0) is 29.6 Å². The number of esters is 1. The molecule has 5 nitrogen and oxygen atoms in total. The summed E-state index contributed by atoms with van der Waals surface area (Å²) in [5.41, 5.74) is 1.06. The molecule has 0 N–H and O–H groups in total. The minimum Gasteiger partial charge on any atom is -0.465 e. The predicted octanol–water partition coefficient (Wildman–Crippen LogP) is 3.74. The van der Waals surface area contributed by atoms with Gasteiger partial charge in [-0.3, -0.25) is 9.36 Å². The highest BCUT2D eigenvalue weighted by atomic mass is 31.2. The molecule has 0 saturated heterocycles. The topological polar surface area (TPSA) is 61.8 Å². The zero-order valence-electron chi connectivity index (χ0n) is 13.7. The third kappa shape index (κ3) is 5.24. The molecule has 0 bridgehead atoms. The molecule has 0 radical (unpaired) electrons. The van der Waals surface area contributed by atoms with Crippen LogP contribution in [0.2, 0.25) is 0 Å². The van der Waals surface area contributed by atoms with E-state index in [0.717, 1.165) is 11.1 Å². The van der Waals surface area contributed by atoms with Crippen molar-refractivity contribution >= 4 is 13.6 Å². The van der Waals surface area contributed by atoms with Crippen LogP contribution in [0.4, 0.5) is 0 Å². The quantitative estimate of drug-likeness (QED) is 0.510. The van der Waals surface area contributed by atoms with Crippen LogP contribution in [0.3, 0.4) is 0 Å². The zero-order valence-corrected chi connectivity index (χ0v) is 14.6. The first-order valence-electron chi connectivity index (χ1n) is 7.57. The van der Waals surface area contributed by atoms with E-state index in [2.05, 4.69) is 0 Å². The lowest BCUT2D eigenvalue weighted by Crippen LogP contribution is -2.28. The molecule has 0 aromatic heterocycles. The summed E-state index contributed by atoms with van der Waals surface area (Å²) in [5.74, 6) is -0.548. The Balaban J connectivity index is 3.07. The summed E-state index contributed by atoms with van der Waals surface area (Å²) in [7, 11) is -3.57. The minimum atomic E-state index is -3.57. The number of rotatable bonds is 9. The number of carbonyl (C=O) groups is 1. The Morgan fingerprint density at radius 3 is 2.05 bits per heavy atom. The molecule has 0 heterocycles. The number of aryl methyl sites for hydroxylation is 1. The number of hydrogen-bond donors (Lipinski definition) is 0. The summed E-state index contributed by atoms with van der Waals surface area (Å²) in [6.07, 6.45) is 0.260. The highest BCUT2D eigenvalue weighted by molar-refractivity contribution is 7.55. The van der Waals surface area contributed by atoms with Crippen molar-refractivity contribution in [3.05, 3.63) is 35.4 Å². The molecule has 124 valence electrons. The molecule has 1 aromatic carbocycles. The van der Waals surface area contributed by atoms with Gasteiger partial charge >= 0.3 is 13.6 Å². The molecule has 1 atom stereocenters. The molecule has 22 heavy (non-hydrogen) atoms. The Morgan fingerprint density at radius 2 is 1.59 bits per heavy atom. The molecule has 6 heteroatoms. The van der Waals surface area contributed by atoms with Crippen molar-refractivity contribution in [1.29, 1.82) is 0 Å². The van der Waals surface area contributed by atoms with E-state index in [1.165, 1.54) is 0 Å². The van der Waals surface area contributed by atoms with E-state index in [0.29, 0.717) is 0 Å². The monoisotopic (exact) mass is 328 g/mol. The first kappa shape index (κ1) is 18.9. The van der Waals surface area contributed by atoms with Crippen LogP contribution >= 0.6 is 7.60 Å². The summed E-state index contributed by atoms with van der Waals surface area (Å²) in [5, 5.41) is 0. The molecule has 0 saturated carbocycles. The fourth-order valence-corrected chi connectivity index (χ4v) is 4.01. The number of hydrogen-bond acceptors (Lipinski definition) is 5. The molecule has 0 aliphatic heterocycles. The Bertz CT molecular complexity index is 502.